The summed E-state index contributed by atoms with van der Waals surface area (Å²) in [6, 6.07) is 7.99. The molecule has 19 heavy (non-hydrogen) atoms. The molecule has 1 aliphatic rings. The SMILES string of the molecule is Oc1cc(Cl)nnc1Oc1ccccc1C1(F)CC1. The average molecular weight is 281 g/mol. The van der Waals surface area contributed by atoms with Crippen LogP contribution in [-0.4, -0.2) is 15.3 Å². The molecule has 1 saturated carbocycles. The van der Waals surface area contributed by atoms with Crippen LogP contribution in [-0.2, 0) is 5.67 Å². The van der Waals surface area contributed by atoms with Crippen LogP contribution in [0.2, 0.25) is 5.15 Å². The van der Waals surface area contributed by atoms with Crippen LogP contribution in [0.25, 0.3) is 0 Å². The van der Waals surface area contributed by atoms with Gasteiger partial charge in [-0.15, -0.1) is 10.2 Å². The van der Waals surface area contributed by atoms with Crippen molar-refractivity contribution in [1.82, 2.24) is 10.2 Å². The van der Waals surface area contributed by atoms with E-state index in [1.807, 2.05) is 0 Å². The maximum atomic E-state index is 14.2. The van der Waals surface area contributed by atoms with Gasteiger partial charge in [0, 0.05) is 11.6 Å². The molecule has 98 valence electrons. The second-order valence-electron chi connectivity index (χ2n) is 4.42. The fourth-order valence-electron chi connectivity index (χ4n) is 1.83. The molecule has 6 heteroatoms. The summed E-state index contributed by atoms with van der Waals surface area (Å²) >= 11 is 5.58. The van der Waals surface area contributed by atoms with Crippen LogP contribution in [0.1, 0.15) is 18.4 Å². The number of nitrogens with zero attached hydrogens (tertiary/aromatic N) is 2. The van der Waals surface area contributed by atoms with Crippen molar-refractivity contribution in [3.8, 4) is 17.4 Å². The van der Waals surface area contributed by atoms with Crippen molar-refractivity contribution in [2.45, 2.75) is 18.5 Å². The zero-order chi connectivity index (χ0) is 13.5. The van der Waals surface area contributed by atoms with Gasteiger partial charge in [-0.05, 0) is 18.9 Å². The van der Waals surface area contributed by atoms with Crippen molar-refractivity contribution >= 4 is 11.6 Å². The van der Waals surface area contributed by atoms with Crippen molar-refractivity contribution < 1.29 is 14.2 Å². The van der Waals surface area contributed by atoms with E-state index in [2.05, 4.69) is 10.2 Å². The number of para-hydroxylation sites is 1. The van der Waals surface area contributed by atoms with Crippen LogP contribution in [0.3, 0.4) is 0 Å². The third kappa shape index (κ3) is 2.33. The quantitative estimate of drug-likeness (QED) is 0.933. The Hall–Kier alpha value is -1.88. The van der Waals surface area contributed by atoms with Crippen LogP contribution < -0.4 is 4.74 Å². The molecule has 2 aromatic rings. The monoisotopic (exact) mass is 280 g/mol. The number of aromatic nitrogens is 2. The van der Waals surface area contributed by atoms with E-state index >= 15 is 0 Å². The van der Waals surface area contributed by atoms with E-state index in [1.165, 1.54) is 6.07 Å². The van der Waals surface area contributed by atoms with Crippen LogP contribution in [0.4, 0.5) is 4.39 Å². The van der Waals surface area contributed by atoms with Gasteiger partial charge in [-0.3, -0.25) is 0 Å². The number of benzene rings is 1. The Morgan fingerprint density at radius 3 is 2.68 bits per heavy atom. The lowest BCUT2D eigenvalue weighted by Gasteiger charge is -2.12. The first-order chi connectivity index (χ1) is 9.08. The molecule has 0 bridgehead atoms. The van der Waals surface area contributed by atoms with Crippen LogP contribution >= 0.6 is 11.6 Å². The highest BCUT2D eigenvalue weighted by Gasteiger charge is 2.47. The molecule has 0 saturated heterocycles. The van der Waals surface area contributed by atoms with E-state index in [0.29, 0.717) is 24.2 Å². The van der Waals surface area contributed by atoms with Crippen LogP contribution in [0, 0.1) is 0 Å². The summed E-state index contributed by atoms with van der Waals surface area (Å²) in [5.41, 5.74) is -0.863. The molecule has 0 amide bonds. The van der Waals surface area contributed by atoms with Crippen LogP contribution in [0.15, 0.2) is 30.3 Å². The van der Waals surface area contributed by atoms with E-state index in [9.17, 15) is 9.50 Å². The van der Waals surface area contributed by atoms with E-state index in [0.717, 1.165) is 0 Å². The summed E-state index contributed by atoms with van der Waals surface area (Å²) in [4.78, 5) is 0. The lowest BCUT2D eigenvalue weighted by atomic mass is 10.1. The van der Waals surface area contributed by atoms with Gasteiger partial charge in [-0.25, -0.2) is 4.39 Å². The fraction of sp³-hybridized carbons (Fsp3) is 0.231. The Bertz CT molecular complexity index is 632. The number of alkyl halides is 1. The van der Waals surface area contributed by atoms with E-state index in [4.69, 9.17) is 16.3 Å². The van der Waals surface area contributed by atoms with Crippen molar-refractivity contribution in [3.63, 3.8) is 0 Å². The Labute approximate surface area is 113 Å². The van der Waals surface area contributed by atoms with Gasteiger partial charge in [-0.1, -0.05) is 29.8 Å². The first-order valence-electron chi connectivity index (χ1n) is 5.77. The van der Waals surface area contributed by atoms with Crippen molar-refractivity contribution in [2.24, 2.45) is 0 Å². The summed E-state index contributed by atoms with van der Waals surface area (Å²) in [7, 11) is 0. The topological polar surface area (TPSA) is 55.2 Å². The van der Waals surface area contributed by atoms with Crippen molar-refractivity contribution in [2.75, 3.05) is 0 Å². The average Bonchev–Trinajstić information content (AvgIpc) is 3.13. The normalized spacial score (nSPS) is 16.1. The molecule has 0 aliphatic heterocycles. The summed E-state index contributed by atoms with van der Waals surface area (Å²) in [6.45, 7) is 0. The number of halogens is 2. The summed E-state index contributed by atoms with van der Waals surface area (Å²) in [5.74, 6) is -0.00553. The molecule has 3 rings (SSSR count). The smallest absolute Gasteiger partial charge is 0.281 e. The molecular weight excluding hydrogens is 271 g/mol. The second kappa shape index (κ2) is 4.35. The highest BCUT2D eigenvalue weighted by Crippen LogP contribution is 2.53. The molecule has 1 aromatic carbocycles. The molecule has 0 unspecified atom stereocenters. The molecular formula is C13H10ClFN2O2. The molecule has 1 N–H and O–H groups in total. The van der Waals surface area contributed by atoms with Gasteiger partial charge in [0.1, 0.15) is 11.4 Å². The number of hydrogen-bond donors (Lipinski definition) is 1. The molecule has 1 fully saturated rings. The molecule has 1 aromatic heterocycles. The molecule has 1 aliphatic carbocycles. The van der Waals surface area contributed by atoms with Gasteiger partial charge < -0.3 is 9.84 Å². The lowest BCUT2D eigenvalue weighted by molar-refractivity contribution is 0.303. The standard InChI is InChI=1S/C13H10ClFN2O2/c14-11-7-9(18)12(17-16-11)19-10-4-2-1-3-8(10)13(15)5-6-13/h1-4,7H,5-6H2,(H,16,18). The van der Waals surface area contributed by atoms with Gasteiger partial charge in [0.15, 0.2) is 10.9 Å². The maximum Gasteiger partial charge on any atom is 0.281 e. The Balaban J connectivity index is 1.95. The Kier molecular flexibility index (Phi) is 2.78. The number of ether oxygens (including phenoxy) is 1. The third-order valence-electron chi connectivity index (χ3n) is 2.98. The van der Waals surface area contributed by atoms with Gasteiger partial charge >= 0.3 is 0 Å². The van der Waals surface area contributed by atoms with Gasteiger partial charge in [0.2, 0.25) is 0 Å². The minimum atomic E-state index is -1.33. The number of aromatic hydroxyl groups is 1. The summed E-state index contributed by atoms with van der Waals surface area (Å²) < 4.78 is 19.6. The zero-order valence-corrected chi connectivity index (χ0v) is 10.6. The lowest BCUT2D eigenvalue weighted by Crippen LogP contribution is -2.01. The largest absolute Gasteiger partial charge is 0.503 e. The highest BCUT2D eigenvalue weighted by atomic mass is 35.5. The predicted molar refractivity (Wildman–Crippen MR) is 67.2 cm³/mol. The van der Waals surface area contributed by atoms with E-state index in [1.54, 1.807) is 24.3 Å². The Morgan fingerprint density at radius 1 is 1.26 bits per heavy atom. The predicted octanol–water partition coefficient (Wildman–Crippen LogP) is 3.59. The van der Waals surface area contributed by atoms with Crippen LogP contribution in [0.5, 0.6) is 17.4 Å². The highest BCUT2D eigenvalue weighted by molar-refractivity contribution is 6.29. The van der Waals surface area contributed by atoms with Crippen molar-refractivity contribution in [3.05, 3.63) is 41.0 Å². The fourth-order valence-corrected chi connectivity index (χ4v) is 1.97. The second-order valence-corrected chi connectivity index (χ2v) is 4.81. The van der Waals surface area contributed by atoms with E-state index < -0.39 is 5.67 Å². The van der Waals surface area contributed by atoms with Gasteiger partial charge in [0.05, 0.1) is 0 Å². The van der Waals surface area contributed by atoms with E-state index in [-0.39, 0.29) is 16.8 Å². The first kappa shape index (κ1) is 12.2. The molecule has 1 heterocycles. The number of hydrogen-bond acceptors (Lipinski definition) is 4. The third-order valence-corrected chi connectivity index (χ3v) is 3.16. The zero-order valence-electron chi connectivity index (χ0n) is 9.81. The minimum absolute atomic E-state index is 0.0577. The van der Waals surface area contributed by atoms with Gasteiger partial charge in [0.25, 0.3) is 5.88 Å². The molecule has 4 nitrogen and oxygen atoms in total. The first-order valence-corrected chi connectivity index (χ1v) is 6.15. The van der Waals surface area contributed by atoms with Gasteiger partial charge in [-0.2, -0.15) is 0 Å². The summed E-state index contributed by atoms with van der Waals surface area (Å²) in [5, 5.41) is 16.9. The minimum Gasteiger partial charge on any atom is -0.503 e. The Morgan fingerprint density at radius 2 is 2.00 bits per heavy atom. The van der Waals surface area contributed by atoms with Crippen molar-refractivity contribution in [1.29, 1.82) is 0 Å². The number of rotatable bonds is 3. The molecule has 0 radical (unpaired) electrons. The maximum absolute atomic E-state index is 14.2. The summed E-state index contributed by atoms with van der Waals surface area (Å²) in [6.07, 6.45) is 0.956. The molecule has 0 atom stereocenters. The molecule has 0 spiro atoms.